The van der Waals surface area contributed by atoms with Crippen LogP contribution in [0, 0.1) is 6.92 Å². The van der Waals surface area contributed by atoms with Crippen LogP contribution in [0.4, 0.5) is 0 Å². The highest BCUT2D eigenvalue weighted by Crippen LogP contribution is 2.66. The fourth-order valence-electron chi connectivity index (χ4n) is 3.46. The number of aromatic amines is 1. The van der Waals surface area contributed by atoms with Crippen molar-refractivity contribution in [1.29, 1.82) is 0 Å². The van der Waals surface area contributed by atoms with E-state index >= 15 is 0 Å². The van der Waals surface area contributed by atoms with Gasteiger partial charge in [0.1, 0.15) is 23.6 Å². The molecule has 18 nitrogen and oxygen atoms in total. The molecule has 0 spiro atoms. The normalized spacial score (nSPS) is 31.0. The van der Waals surface area contributed by atoms with E-state index < -0.39 is 59.7 Å². The minimum atomic E-state index is -5.71. The van der Waals surface area contributed by atoms with Gasteiger partial charge in [0, 0.05) is 0 Å². The van der Waals surface area contributed by atoms with Gasteiger partial charge in [-0.1, -0.05) is 0 Å². The molecule has 2 aliphatic rings. The van der Waals surface area contributed by atoms with E-state index in [2.05, 4.69) is 28.1 Å². The number of aromatic nitrogens is 4. The second kappa shape index (κ2) is 8.10. The third kappa shape index (κ3) is 4.90. The molecule has 3 unspecified atom stereocenters. The molecular weight excluding hydrogens is 517 g/mol. The van der Waals surface area contributed by atoms with Gasteiger partial charge in [0.15, 0.2) is 17.4 Å². The molecule has 2 bridgehead atoms. The Balaban J connectivity index is 1.52. The van der Waals surface area contributed by atoms with Crippen LogP contribution in [0.3, 0.4) is 0 Å². The molecule has 2 aliphatic heterocycles. The van der Waals surface area contributed by atoms with Crippen LogP contribution in [-0.2, 0) is 36.3 Å². The molecule has 4 heterocycles. The van der Waals surface area contributed by atoms with Gasteiger partial charge < -0.3 is 39.1 Å². The lowest BCUT2D eigenvalue weighted by Crippen LogP contribution is -2.44. The Labute approximate surface area is 182 Å². The van der Waals surface area contributed by atoms with Crippen molar-refractivity contribution in [1.82, 2.24) is 19.5 Å². The van der Waals surface area contributed by atoms with Crippen LogP contribution in [0.1, 0.15) is 12.1 Å². The van der Waals surface area contributed by atoms with Gasteiger partial charge in [-0.3, -0.25) is 13.9 Å². The summed E-state index contributed by atoms with van der Waals surface area (Å²) in [6.07, 6.45) is -2.33. The van der Waals surface area contributed by atoms with E-state index in [1.54, 1.807) is 0 Å². The maximum atomic E-state index is 12.0. The van der Waals surface area contributed by atoms with Gasteiger partial charge >= 0.3 is 23.5 Å². The highest BCUT2D eigenvalue weighted by Gasteiger charge is 2.63. The SMILES string of the molecule is Cc1nc2c(ncn2[C@@H]2O[C@]3(COP(=O)(O)OP(=O)(O)OP(=O)(O)O)CO[C@H]2C3O)c(=O)[nH]1. The highest BCUT2D eigenvalue weighted by molar-refractivity contribution is 7.66. The number of phosphoric ester groups is 1. The Kier molecular flexibility index (Phi) is 6.08. The minimum Gasteiger partial charge on any atom is -0.387 e. The number of aryl methyl sites for hydroxylation is 1. The summed E-state index contributed by atoms with van der Waals surface area (Å²) in [5.74, 6) is 0.279. The van der Waals surface area contributed by atoms with Crippen molar-refractivity contribution in [3.05, 3.63) is 22.5 Å². The molecule has 0 amide bonds. The molecular formula is C12H17N4O14P3. The first-order valence-corrected chi connectivity index (χ1v) is 13.3. The molecule has 0 aliphatic carbocycles. The molecule has 0 aromatic carbocycles. The number of imidazole rings is 1. The van der Waals surface area contributed by atoms with E-state index in [0.29, 0.717) is 0 Å². The lowest BCUT2D eigenvalue weighted by molar-refractivity contribution is -0.183. The van der Waals surface area contributed by atoms with Crippen molar-refractivity contribution in [3.63, 3.8) is 0 Å². The van der Waals surface area contributed by atoms with Gasteiger partial charge in [-0.05, 0) is 6.92 Å². The van der Waals surface area contributed by atoms with Gasteiger partial charge in [0.2, 0.25) is 0 Å². The fraction of sp³-hybridized carbons (Fsp3) is 0.583. The number of H-pyrrole nitrogens is 1. The summed E-state index contributed by atoms with van der Waals surface area (Å²) in [5.41, 5.74) is -2.16. The zero-order valence-corrected chi connectivity index (χ0v) is 19.0. The topological polar surface area (TPSA) is 262 Å². The molecule has 2 aromatic rings. The molecule has 6 N–H and O–H groups in total. The largest absolute Gasteiger partial charge is 0.490 e. The average molecular weight is 534 g/mol. The van der Waals surface area contributed by atoms with Crippen molar-refractivity contribution in [2.24, 2.45) is 0 Å². The Morgan fingerprint density at radius 2 is 1.94 bits per heavy atom. The Bertz CT molecular complexity index is 1290. The molecule has 6 atom stereocenters. The first-order chi connectivity index (χ1) is 15.1. The van der Waals surface area contributed by atoms with E-state index in [9.17, 15) is 33.4 Å². The van der Waals surface area contributed by atoms with Crippen molar-refractivity contribution < 1.29 is 61.0 Å². The fourth-order valence-corrected chi connectivity index (χ4v) is 6.53. The summed E-state index contributed by atoms with van der Waals surface area (Å²) in [7, 11) is -16.7. The number of aliphatic hydroxyl groups is 1. The zero-order valence-electron chi connectivity index (χ0n) is 16.3. The first kappa shape index (κ1) is 24.8. The van der Waals surface area contributed by atoms with Crippen LogP contribution in [0.25, 0.3) is 11.2 Å². The van der Waals surface area contributed by atoms with Crippen molar-refractivity contribution in [2.45, 2.75) is 31.0 Å². The van der Waals surface area contributed by atoms with Crippen molar-refractivity contribution in [3.8, 4) is 0 Å². The van der Waals surface area contributed by atoms with Gasteiger partial charge in [-0.25, -0.2) is 23.7 Å². The smallest absolute Gasteiger partial charge is 0.387 e. The summed E-state index contributed by atoms with van der Waals surface area (Å²) >= 11 is 0. The highest BCUT2D eigenvalue weighted by atomic mass is 31.3. The van der Waals surface area contributed by atoms with Crippen LogP contribution in [0.15, 0.2) is 11.1 Å². The number of nitrogens with zero attached hydrogens (tertiary/aromatic N) is 3. The summed E-state index contributed by atoms with van der Waals surface area (Å²) < 4.78 is 58.7. The first-order valence-electron chi connectivity index (χ1n) is 8.81. The number of hydrogen-bond acceptors (Lipinski definition) is 12. The molecule has 33 heavy (non-hydrogen) atoms. The van der Waals surface area contributed by atoms with Gasteiger partial charge in [0.25, 0.3) is 5.56 Å². The van der Waals surface area contributed by atoms with Gasteiger partial charge in [0.05, 0.1) is 19.5 Å². The van der Waals surface area contributed by atoms with E-state index in [4.69, 9.17) is 19.3 Å². The van der Waals surface area contributed by atoms with Crippen LogP contribution >= 0.6 is 23.5 Å². The number of rotatable bonds is 8. The summed E-state index contributed by atoms with van der Waals surface area (Å²) in [6.45, 7) is 0.296. The quantitative estimate of drug-likeness (QED) is 0.217. The molecule has 4 rings (SSSR count). The molecule has 2 aromatic heterocycles. The molecule has 21 heteroatoms. The lowest BCUT2D eigenvalue weighted by Gasteiger charge is -2.31. The van der Waals surface area contributed by atoms with Crippen molar-refractivity contribution in [2.75, 3.05) is 13.2 Å². The number of fused-ring (bicyclic) bond motifs is 3. The third-order valence-corrected chi connectivity index (χ3v) is 8.50. The Morgan fingerprint density at radius 1 is 1.24 bits per heavy atom. The summed E-state index contributed by atoms with van der Waals surface area (Å²) in [5, 5.41) is 10.6. The lowest BCUT2D eigenvalue weighted by atomic mass is 10.0. The molecule has 184 valence electrons. The number of hydrogen-bond donors (Lipinski definition) is 6. The van der Waals surface area contributed by atoms with E-state index in [1.807, 2.05) is 0 Å². The van der Waals surface area contributed by atoms with E-state index in [0.717, 1.165) is 0 Å². The zero-order chi connectivity index (χ0) is 24.4. The second-order valence-corrected chi connectivity index (χ2v) is 11.6. The van der Waals surface area contributed by atoms with Crippen LogP contribution in [0.5, 0.6) is 0 Å². The van der Waals surface area contributed by atoms with Crippen LogP contribution in [-0.4, -0.2) is 75.2 Å². The Morgan fingerprint density at radius 3 is 2.61 bits per heavy atom. The summed E-state index contributed by atoms with van der Waals surface area (Å²) in [6, 6.07) is 0. The third-order valence-electron chi connectivity index (χ3n) is 4.72. The number of ether oxygens (including phenoxy) is 2. The second-order valence-electron chi connectivity index (χ2n) is 7.13. The number of nitrogens with one attached hydrogen (secondary N) is 1. The monoisotopic (exact) mass is 534 g/mol. The predicted octanol–water partition coefficient (Wildman–Crippen LogP) is -1.20. The summed E-state index contributed by atoms with van der Waals surface area (Å²) in [4.78, 5) is 58.7. The maximum Gasteiger partial charge on any atom is 0.490 e. The van der Waals surface area contributed by atoms with Crippen LogP contribution in [0.2, 0.25) is 0 Å². The van der Waals surface area contributed by atoms with E-state index in [1.165, 1.54) is 17.8 Å². The molecule has 0 saturated carbocycles. The van der Waals surface area contributed by atoms with Crippen LogP contribution < -0.4 is 5.56 Å². The molecule has 2 saturated heterocycles. The van der Waals surface area contributed by atoms with Crippen molar-refractivity contribution >= 4 is 34.6 Å². The van der Waals surface area contributed by atoms with Gasteiger partial charge in [-0.2, -0.15) is 8.62 Å². The predicted molar refractivity (Wildman–Crippen MR) is 101 cm³/mol. The number of aliphatic hydroxyl groups excluding tert-OH is 1. The van der Waals surface area contributed by atoms with E-state index in [-0.39, 0.29) is 23.6 Å². The standard InChI is InChI=1S/C12H17N4O14P3/c1-5-14-9-6(10(18)15-5)13-4-16(9)11-7-8(17)12(28-11,2-26-7)3-27-32(22,23)30-33(24,25)29-31(19,20)21/h4,7-8,11,17H,2-3H2,1H3,(H,22,23)(H,24,25)(H,14,15,18)(H2,19,20,21)/t7-,8?,11+,12-/m0/s1. The average Bonchev–Trinajstić information content (AvgIpc) is 3.27. The minimum absolute atomic E-state index is 0.0104. The molecule has 2 fully saturated rings. The maximum absolute atomic E-state index is 12.0. The molecule has 0 radical (unpaired) electrons. The van der Waals surface area contributed by atoms with Gasteiger partial charge in [-0.15, -0.1) is 0 Å². The Hall–Kier alpha value is -1.36. The number of phosphoric acid groups is 3.